The fourth-order valence-electron chi connectivity index (χ4n) is 1.82. The molecule has 100 valence electrons. The van der Waals surface area contributed by atoms with E-state index in [0.717, 1.165) is 16.7 Å². The van der Waals surface area contributed by atoms with Crippen molar-refractivity contribution in [3.05, 3.63) is 11.8 Å². The normalized spacial score (nSPS) is 16.7. The summed E-state index contributed by atoms with van der Waals surface area (Å²) < 4.78 is 24.7. The van der Waals surface area contributed by atoms with Gasteiger partial charge in [0.1, 0.15) is 5.82 Å². The summed E-state index contributed by atoms with van der Waals surface area (Å²) in [4.78, 5) is 10.7. The first kappa shape index (κ1) is 13.6. The molecule has 1 aromatic heterocycles. The number of rotatable bonds is 4. The Hall–Kier alpha value is -0.860. The van der Waals surface area contributed by atoms with Crippen molar-refractivity contribution in [1.29, 1.82) is 0 Å². The summed E-state index contributed by atoms with van der Waals surface area (Å²) in [5.74, 6) is 0.860. The molecule has 0 amide bonds. The Balaban J connectivity index is 2.02. The first-order chi connectivity index (χ1) is 8.37. The number of aromatic nitrogens is 2. The molecule has 1 N–H and O–H groups in total. The van der Waals surface area contributed by atoms with Gasteiger partial charge in [-0.3, -0.25) is 0 Å². The number of hydrogen-bond donors (Lipinski definition) is 1. The maximum absolute atomic E-state index is 11.1. The molecule has 1 aliphatic rings. The van der Waals surface area contributed by atoms with Crippen LogP contribution in [0.15, 0.2) is 11.2 Å². The van der Waals surface area contributed by atoms with Gasteiger partial charge in [-0.25, -0.2) is 23.1 Å². The van der Waals surface area contributed by atoms with Gasteiger partial charge in [0.15, 0.2) is 5.16 Å². The van der Waals surface area contributed by atoms with Crippen LogP contribution in [0.1, 0.15) is 5.69 Å². The lowest BCUT2D eigenvalue weighted by molar-refractivity contribution is 0.466. The smallest absolute Gasteiger partial charge is 0.209 e. The number of nitrogens with zero attached hydrogens (tertiary/aromatic N) is 3. The van der Waals surface area contributed by atoms with E-state index in [1.54, 1.807) is 0 Å². The van der Waals surface area contributed by atoms with Gasteiger partial charge in [-0.2, -0.15) is 0 Å². The number of hydrogen-bond acceptors (Lipinski definition) is 6. The molecule has 0 saturated carbocycles. The molecule has 0 aromatic carbocycles. The summed E-state index contributed by atoms with van der Waals surface area (Å²) in [5.41, 5.74) is 0.920. The van der Waals surface area contributed by atoms with Crippen molar-refractivity contribution in [1.82, 2.24) is 14.7 Å². The fourth-order valence-corrected chi connectivity index (χ4v) is 3.00. The van der Waals surface area contributed by atoms with Gasteiger partial charge >= 0.3 is 0 Å². The third-order valence-electron chi connectivity index (χ3n) is 2.59. The SMILES string of the molecule is CSc1nc(C)cc(N2CC(NS(C)(=O)=O)C2)n1. The highest BCUT2D eigenvalue weighted by Gasteiger charge is 2.30. The molecule has 0 unspecified atom stereocenters. The minimum atomic E-state index is -3.12. The van der Waals surface area contributed by atoms with E-state index in [1.165, 1.54) is 18.0 Å². The van der Waals surface area contributed by atoms with E-state index in [2.05, 4.69) is 14.7 Å². The average molecular weight is 288 g/mol. The number of thioether (sulfide) groups is 1. The molecule has 8 heteroatoms. The quantitative estimate of drug-likeness (QED) is 0.632. The number of aryl methyl sites for hydroxylation is 1. The zero-order valence-corrected chi connectivity index (χ0v) is 12.2. The highest BCUT2D eigenvalue weighted by molar-refractivity contribution is 7.98. The summed E-state index contributed by atoms with van der Waals surface area (Å²) in [5, 5.41) is 0.740. The van der Waals surface area contributed by atoms with Crippen LogP contribution in [0.5, 0.6) is 0 Å². The standard InChI is InChI=1S/C10H16N4O2S2/c1-7-4-9(12-10(11-7)17-2)14-5-8(6-14)13-18(3,15)16/h4,8,13H,5-6H2,1-3H3. The summed E-state index contributed by atoms with van der Waals surface area (Å²) in [6.45, 7) is 3.23. The minimum absolute atomic E-state index is 0.0204. The van der Waals surface area contributed by atoms with Crippen LogP contribution in [0, 0.1) is 6.92 Å². The average Bonchev–Trinajstić information content (AvgIpc) is 2.20. The molecule has 0 aliphatic carbocycles. The summed E-state index contributed by atoms with van der Waals surface area (Å²) in [6.07, 6.45) is 3.11. The van der Waals surface area contributed by atoms with Crippen LogP contribution in [0.25, 0.3) is 0 Å². The minimum Gasteiger partial charge on any atom is -0.353 e. The first-order valence-electron chi connectivity index (χ1n) is 5.49. The van der Waals surface area contributed by atoms with E-state index in [0.29, 0.717) is 13.1 Å². The number of anilines is 1. The van der Waals surface area contributed by atoms with E-state index < -0.39 is 10.0 Å². The van der Waals surface area contributed by atoms with Crippen LogP contribution in [0.4, 0.5) is 5.82 Å². The number of nitrogens with one attached hydrogen (secondary N) is 1. The molecule has 1 fully saturated rings. The summed E-state index contributed by atoms with van der Waals surface area (Å²) in [7, 11) is -3.12. The maximum Gasteiger partial charge on any atom is 0.209 e. The predicted molar refractivity (Wildman–Crippen MR) is 72.5 cm³/mol. The molecule has 0 bridgehead atoms. The van der Waals surface area contributed by atoms with Crippen molar-refractivity contribution in [2.75, 3.05) is 30.5 Å². The Bertz CT molecular complexity index is 541. The molecule has 2 heterocycles. The monoisotopic (exact) mass is 288 g/mol. The highest BCUT2D eigenvalue weighted by atomic mass is 32.2. The Kier molecular flexibility index (Phi) is 3.79. The van der Waals surface area contributed by atoms with Gasteiger partial charge in [-0.05, 0) is 13.2 Å². The first-order valence-corrected chi connectivity index (χ1v) is 8.61. The van der Waals surface area contributed by atoms with Gasteiger partial charge in [0.25, 0.3) is 0 Å². The van der Waals surface area contributed by atoms with Crippen molar-refractivity contribution < 1.29 is 8.42 Å². The molecule has 1 aliphatic heterocycles. The van der Waals surface area contributed by atoms with Crippen LogP contribution in [-0.4, -0.2) is 50.0 Å². The Morgan fingerprint density at radius 1 is 1.44 bits per heavy atom. The molecule has 2 rings (SSSR count). The molecule has 1 saturated heterocycles. The van der Waals surface area contributed by atoms with Crippen LogP contribution < -0.4 is 9.62 Å². The lowest BCUT2D eigenvalue weighted by Gasteiger charge is -2.40. The van der Waals surface area contributed by atoms with Crippen LogP contribution in [0.3, 0.4) is 0 Å². The molecular weight excluding hydrogens is 272 g/mol. The molecule has 1 aromatic rings. The second-order valence-corrected chi connectivity index (χ2v) is 6.90. The van der Waals surface area contributed by atoms with E-state index in [9.17, 15) is 8.42 Å². The largest absolute Gasteiger partial charge is 0.353 e. The van der Waals surface area contributed by atoms with E-state index in [-0.39, 0.29) is 6.04 Å². The Labute approximate surface area is 111 Å². The summed E-state index contributed by atoms with van der Waals surface area (Å²) >= 11 is 1.50. The lowest BCUT2D eigenvalue weighted by Crippen LogP contribution is -2.59. The molecular formula is C10H16N4O2S2. The third kappa shape index (κ3) is 3.33. The van der Waals surface area contributed by atoms with Gasteiger partial charge in [-0.1, -0.05) is 11.8 Å². The predicted octanol–water partition coefficient (Wildman–Crippen LogP) is 0.245. The van der Waals surface area contributed by atoms with E-state index in [4.69, 9.17) is 0 Å². The fraction of sp³-hybridized carbons (Fsp3) is 0.600. The van der Waals surface area contributed by atoms with Crippen molar-refractivity contribution in [2.24, 2.45) is 0 Å². The van der Waals surface area contributed by atoms with Crippen LogP contribution in [-0.2, 0) is 10.0 Å². The molecule has 6 nitrogen and oxygen atoms in total. The summed E-state index contributed by atoms with van der Waals surface area (Å²) in [6, 6.07) is 1.89. The Morgan fingerprint density at radius 3 is 2.67 bits per heavy atom. The number of sulfonamides is 1. The molecule has 18 heavy (non-hydrogen) atoms. The van der Waals surface area contributed by atoms with Crippen molar-refractivity contribution >= 4 is 27.6 Å². The zero-order valence-electron chi connectivity index (χ0n) is 10.5. The molecule has 0 atom stereocenters. The van der Waals surface area contributed by atoms with Gasteiger partial charge in [0.2, 0.25) is 10.0 Å². The lowest BCUT2D eigenvalue weighted by atomic mass is 10.1. The second-order valence-electron chi connectivity index (χ2n) is 4.35. The molecule has 0 radical (unpaired) electrons. The molecule has 0 spiro atoms. The van der Waals surface area contributed by atoms with Crippen LogP contribution >= 0.6 is 11.8 Å². The van der Waals surface area contributed by atoms with Gasteiger partial charge in [0, 0.05) is 24.8 Å². The third-order valence-corrected chi connectivity index (χ3v) is 3.90. The van der Waals surface area contributed by atoms with E-state index >= 15 is 0 Å². The van der Waals surface area contributed by atoms with Crippen molar-refractivity contribution in [3.8, 4) is 0 Å². The van der Waals surface area contributed by atoms with Crippen molar-refractivity contribution in [2.45, 2.75) is 18.1 Å². The second kappa shape index (κ2) is 5.02. The van der Waals surface area contributed by atoms with E-state index in [1.807, 2.05) is 24.1 Å². The van der Waals surface area contributed by atoms with Gasteiger partial charge in [0.05, 0.1) is 12.3 Å². The highest BCUT2D eigenvalue weighted by Crippen LogP contribution is 2.22. The van der Waals surface area contributed by atoms with Gasteiger partial charge < -0.3 is 4.90 Å². The van der Waals surface area contributed by atoms with Gasteiger partial charge in [-0.15, -0.1) is 0 Å². The maximum atomic E-state index is 11.1. The van der Waals surface area contributed by atoms with Crippen LogP contribution in [0.2, 0.25) is 0 Å². The topological polar surface area (TPSA) is 75.2 Å². The zero-order chi connectivity index (χ0) is 13.3. The Morgan fingerprint density at radius 2 is 2.11 bits per heavy atom. The van der Waals surface area contributed by atoms with Crippen molar-refractivity contribution in [3.63, 3.8) is 0 Å².